The number of methoxy groups -OCH3 is 1. The van der Waals surface area contributed by atoms with Gasteiger partial charge >= 0.3 is 0 Å². The van der Waals surface area contributed by atoms with Crippen LogP contribution in [0, 0.1) is 0 Å². The van der Waals surface area contributed by atoms with E-state index in [1.54, 1.807) is 7.11 Å². The molecular formula is C17H18ClNO2. The van der Waals surface area contributed by atoms with Gasteiger partial charge in [-0.15, -0.1) is 0 Å². The lowest BCUT2D eigenvalue weighted by molar-refractivity contribution is -0.121. The zero-order valence-electron chi connectivity index (χ0n) is 11.9. The second-order valence-electron chi connectivity index (χ2n) is 4.72. The first-order chi connectivity index (χ1) is 10.2. The fraction of sp³-hybridized carbons (Fsp3) is 0.235. The molecule has 0 aromatic heterocycles. The molecule has 0 fully saturated rings. The molecule has 3 nitrogen and oxygen atoms in total. The average Bonchev–Trinajstić information content (AvgIpc) is 2.52. The fourth-order valence-corrected chi connectivity index (χ4v) is 2.17. The van der Waals surface area contributed by atoms with E-state index in [1.807, 2.05) is 48.5 Å². The van der Waals surface area contributed by atoms with Gasteiger partial charge in [-0.3, -0.25) is 4.79 Å². The van der Waals surface area contributed by atoms with Gasteiger partial charge in [0.2, 0.25) is 5.91 Å². The second kappa shape index (κ2) is 7.70. The molecule has 2 aromatic rings. The Hall–Kier alpha value is -2.00. The van der Waals surface area contributed by atoms with Crippen LogP contribution in [0.4, 0.5) is 0 Å². The highest BCUT2D eigenvalue weighted by Crippen LogP contribution is 2.16. The number of carbonyl (C=O) groups excluding carboxylic acids is 1. The molecule has 0 aliphatic rings. The molecule has 21 heavy (non-hydrogen) atoms. The predicted octanol–water partition coefficient (Wildman–Crippen LogP) is 3.60. The summed E-state index contributed by atoms with van der Waals surface area (Å²) in [5.41, 5.74) is 2.08. The number of aryl methyl sites for hydroxylation is 1. The summed E-state index contributed by atoms with van der Waals surface area (Å²) in [6, 6.07) is 15.2. The van der Waals surface area contributed by atoms with Gasteiger partial charge in [-0.05, 0) is 30.2 Å². The van der Waals surface area contributed by atoms with E-state index in [0.29, 0.717) is 24.4 Å². The number of halogens is 1. The Morgan fingerprint density at radius 1 is 1.14 bits per heavy atom. The molecule has 4 heteroatoms. The molecule has 110 valence electrons. The van der Waals surface area contributed by atoms with Crippen LogP contribution in [0.2, 0.25) is 5.02 Å². The highest BCUT2D eigenvalue weighted by atomic mass is 35.5. The van der Waals surface area contributed by atoms with E-state index in [0.717, 1.165) is 16.9 Å². The topological polar surface area (TPSA) is 38.3 Å². The van der Waals surface area contributed by atoms with Gasteiger partial charge in [0.1, 0.15) is 5.75 Å². The minimum atomic E-state index is 0.0239. The molecule has 0 bridgehead atoms. The summed E-state index contributed by atoms with van der Waals surface area (Å²) in [6.45, 7) is 0.476. The summed E-state index contributed by atoms with van der Waals surface area (Å²) in [7, 11) is 1.63. The van der Waals surface area contributed by atoms with Crippen molar-refractivity contribution in [3.8, 4) is 5.75 Å². The van der Waals surface area contributed by atoms with Crippen molar-refractivity contribution in [3.05, 3.63) is 64.7 Å². The summed E-state index contributed by atoms with van der Waals surface area (Å²) in [5.74, 6) is 0.811. The molecule has 0 saturated carbocycles. The highest BCUT2D eigenvalue weighted by Gasteiger charge is 2.05. The maximum atomic E-state index is 11.9. The van der Waals surface area contributed by atoms with Gasteiger partial charge in [0, 0.05) is 23.6 Å². The third-order valence-electron chi connectivity index (χ3n) is 3.22. The largest absolute Gasteiger partial charge is 0.496 e. The zero-order chi connectivity index (χ0) is 15.1. The van der Waals surface area contributed by atoms with Gasteiger partial charge in [0.05, 0.1) is 7.11 Å². The Bertz CT molecular complexity index is 596. The molecule has 0 unspecified atom stereocenters. The Morgan fingerprint density at radius 3 is 2.57 bits per heavy atom. The molecule has 2 aromatic carbocycles. The lowest BCUT2D eigenvalue weighted by atomic mass is 10.1. The van der Waals surface area contributed by atoms with E-state index in [4.69, 9.17) is 16.3 Å². The Labute approximate surface area is 129 Å². The van der Waals surface area contributed by atoms with E-state index >= 15 is 0 Å². The van der Waals surface area contributed by atoms with Crippen LogP contribution in [0.1, 0.15) is 17.5 Å². The van der Waals surface area contributed by atoms with Crippen molar-refractivity contribution in [2.45, 2.75) is 19.4 Å². The Morgan fingerprint density at radius 2 is 1.86 bits per heavy atom. The van der Waals surface area contributed by atoms with Crippen molar-refractivity contribution < 1.29 is 9.53 Å². The third-order valence-corrected chi connectivity index (χ3v) is 3.47. The molecule has 0 heterocycles. The molecule has 2 rings (SSSR count). The number of hydrogen-bond donors (Lipinski definition) is 1. The third kappa shape index (κ3) is 4.80. The van der Waals surface area contributed by atoms with Gasteiger partial charge in [-0.25, -0.2) is 0 Å². The first-order valence-corrected chi connectivity index (χ1v) is 7.20. The summed E-state index contributed by atoms with van der Waals surface area (Å²) >= 11 is 5.83. The highest BCUT2D eigenvalue weighted by molar-refractivity contribution is 6.30. The van der Waals surface area contributed by atoms with Crippen LogP contribution in [-0.2, 0) is 17.8 Å². The van der Waals surface area contributed by atoms with Crippen LogP contribution in [0.15, 0.2) is 48.5 Å². The van der Waals surface area contributed by atoms with Gasteiger partial charge in [0.15, 0.2) is 0 Å². The minimum Gasteiger partial charge on any atom is -0.496 e. The maximum Gasteiger partial charge on any atom is 0.220 e. The molecule has 1 N–H and O–H groups in total. The van der Waals surface area contributed by atoms with Crippen LogP contribution in [-0.4, -0.2) is 13.0 Å². The normalized spacial score (nSPS) is 10.2. The second-order valence-corrected chi connectivity index (χ2v) is 5.15. The maximum absolute atomic E-state index is 11.9. The Kier molecular flexibility index (Phi) is 5.64. The fourth-order valence-electron chi connectivity index (χ4n) is 2.04. The SMILES string of the molecule is COc1ccccc1CNC(=O)CCc1ccc(Cl)cc1. The number of carbonyl (C=O) groups is 1. The van der Waals surface area contributed by atoms with Crippen molar-refractivity contribution in [3.63, 3.8) is 0 Å². The smallest absolute Gasteiger partial charge is 0.220 e. The number of nitrogens with one attached hydrogen (secondary N) is 1. The van der Waals surface area contributed by atoms with Gasteiger partial charge in [0.25, 0.3) is 0 Å². The molecule has 1 amide bonds. The summed E-state index contributed by atoms with van der Waals surface area (Å²) in [6.07, 6.45) is 1.16. The Balaban J connectivity index is 1.81. The van der Waals surface area contributed by atoms with E-state index in [2.05, 4.69) is 5.32 Å². The average molecular weight is 304 g/mol. The van der Waals surface area contributed by atoms with Crippen LogP contribution in [0.5, 0.6) is 5.75 Å². The van der Waals surface area contributed by atoms with Crippen LogP contribution in [0.3, 0.4) is 0 Å². The van der Waals surface area contributed by atoms with Crippen molar-refractivity contribution in [1.82, 2.24) is 5.32 Å². The standard InChI is InChI=1S/C17H18ClNO2/c1-21-16-5-3-2-4-14(16)12-19-17(20)11-8-13-6-9-15(18)10-7-13/h2-7,9-10H,8,11-12H2,1H3,(H,19,20). The molecule has 0 aliphatic heterocycles. The number of rotatable bonds is 6. The minimum absolute atomic E-state index is 0.0239. The molecule has 0 atom stereocenters. The van der Waals surface area contributed by atoms with Gasteiger partial charge in [-0.2, -0.15) is 0 Å². The van der Waals surface area contributed by atoms with Crippen molar-refractivity contribution in [1.29, 1.82) is 0 Å². The first kappa shape index (κ1) is 15.4. The van der Waals surface area contributed by atoms with E-state index in [-0.39, 0.29) is 5.91 Å². The summed E-state index contributed by atoms with van der Waals surface area (Å²) < 4.78 is 5.25. The van der Waals surface area contributed by atoms with Crippen molar-refractivity contribution >= 4 is 17.5 Å². The monoisotopic (exact) mass is 303 g/mol. The number of hydrogen-bond acceptors (Lipinski definition) is 2. The molecular weight excluding hydrogens is 286 g/mol. The molecule has 0 spiro atoms. The zero-order valence-corrected chi connectivity index (χ0v) is 12.7. The lowest BCUT2D eigenvalue weighted by Gasteiger charge is -2.09. The molecule has 0 radical (unpaired) electrons. The number of benzene rings is 2. The summed E-state index contributed by atoms with van der Waals surface area (Å²) in [4.78, 5) is 11.9. The van der Waals surface area contributed by atoms with E-state index < -0.39 is 0 Å². The quantitative estimate of drug-likeness (QED) is 0.885. The summed E-state index contributed by atoms with van der Waals surface area (Å²) in [5, 5.41) is 3.62. The number of amides is 1. The van der Waals surface area contributed by atoms with Crippen LogP contribution in [0.25, 0.3) is 0 Å². The van der Waals surface area contributed by atoms with Gasteiger partial charge < -0.3 is 10.1 Å². The molecule has 0 saturated heterocycles. The van der Waals surface area contributed by atoms with Crippen molar-refractivity contribution in [2.75, 3.05) is 7.11 Å². The van der Waals surface area contributed by atoms with Gasteiger partial charge in [-0.1, -0.05) is 41.9 Å². The predicted molar refractivity (Wildman–Crippen MR) is 84.6 cm³/mol. The van der Waals surface area contributed by atoms with E-state index in [1.165, 1.54) is 0 Å². The van der Waals surface area contributed by atoms with E-state index in [9.17, 15) is 4.79 Å². The number of para-hydroxylation sites is 1. The molecule has 0 aliphatic carbocycles. The van der Waals surface area contributed by atoms with Crippen LogP contribution < -0.4 is 10.1 Å². The van der Waals surface area contributed by atoms with Crippen LogP contribution >= 0.6 is 11.6 Å². The number of ether oxygens (including phenoxy) is 1. The first-order valence-electron chi connectivity index (χ1n) is 6.82. The lowest BCUT2D eigenvalue weighted by Crippen LogP contribution is -2.23. The van der Waals surface area contributed by atoms with Crippen molar-refractivity contribution in [2.24, 2.45) is 0 Å².